The van der Waals surface area contributed by atoms with Gasteiger partial charge in [-0.05, 0) is 41.5 Å². The Labute approximate surface area is 125 Å². The molecule has 3 nitrogen and oxygen atoms in total. The molecule has 0 aliphatic carbocycles. The Morgan fingerprint density at radius 2 is 1.76 bits per heavy atom. The molecule has 0 aliphatic heterocycles. The molecule has 2 aromatic heterocycles. The number of aromatic nitrogens is 1. The van der Waals surface area contributed by atoms with E-state index in [2.05, 4.69) is 10.3 Å². The van der Waals surface area contributed by atoms with Crippen LogP contribution in [-0.4, -0.2) is 11.4 Å². The van der Waals surface area contributed by atoms with Crippen LogP contribution in [0, 0.1) is 5.82 Å². The average Bonchev–Trinajstić information content (AvgIpc) is 2.93. The summed E-state index contributed by atoms with van der Waals surface area (Å²) in [6.45, 7) is 0. The molecule has 1 N–H and O–H groups in total. The van der Waals surface area contributed by atoms with Gasteiger partial charge in [-0.1, -0.05) is 12.1 Å². The maximum atomic E-state index is 13.1. The number of hydrogen-bond acceptors (Lipinski definition) is 3. The number of nitrogens with one attached hydrogen (secondary N) is 1. The second kappa shape index (κ2) is 5.85. The fraction of sp³-hybridized carbons (Fsp3) is 0. The molecule has 0 unspecified atom stereocenters. The molecule has 1 aromatic carbocycles. The molecule has 0 atom stereocenters. The Balaban J connectivity index is 2.14. The minimum Gasteiger partial charge on any atom is -0.320 e. The van der Waals surface area contributed by atoms with Gasteiger partial charge in [0.15, 0.2) is 0 Å². The zero-order chi connectivity index (χ0) is 14.7. The molecular weight excluding hydrogens is 287 g/mol. The van der Waals surface area contributed by atoms with Gasteiger partial charge in [0, 0.05) is 22.8 Å². The highest BCUT2D eigenvalue weighted by molar-refractivity contribution is 7.20. The molecule has 1 amide bonds. The lowest BCUT2D eigenvalue weighted by molar-refractivity contribution is -0.105. The van der Waals surface area contributed by atoms with Crippen LogP contribution < -0.4 is 5.32 Å². The Morgan fingerprint density at radius 3 is 2.43 bits per heavy atom. The summed E-state index contributed by atoms with van der Waals surface area (Å²) in [5.74, 6) is -0.273. The lowest BCUT2D eigenvalue weighted by atomic mass is 10.0. The summed E-state index contributed by atoms with van der Waals surface area (Å²) >= 11 is 1.47. The summed E-state index contributed by atoms with van der Waals surface area (Å²) in [5, 5.41) is 3.41. The van der Waals surface area contributed by atoms with Crippen molar-refractivity contribution in [2.24, 2.45) is 0 Å². The molecule has 0 saturated heterocycles. The molecule has 0 spiro atoms. The number of benzene rings is 1. The molecule has 0 saturated carbocycles. The number of halogens is 1. The van der Waals surface area contributed by atoms with Gasteiger partial charge in [-0.25, -0.2) is 4.39 Å². The quantitative estimate of drug-likeness (QED) is 0.734. The van der Waals surface area contributed by atoms with Gasteiger partial charge in [-0.3, -0.25) is 9.78 Å². The van der Waals surface area contributed by atoms with Gasteiger partial charge >= 0.3 is 0 Å². The topological polar surface area (TPSA) is 42.0 Å². The number of amides is 1. The van der Waals surface area contributed by atoms with Crippen LogP contribution in [0.1, 0.15) is 0 Å². The molecule has 0 fully saturated rings. The van der Waals surface area contributed by atoms with E-state index in [0.717, 1.165) is 26.6 Å². The summed E-state index contributed by atoms with van der Waals surface area (Å²) in [5.41, 5.74) is 2.86. The van der Waals surface area contributed by atoms with Crippen molar-refractivity contribution in [3.05, 3.63) is 60.7 Å². The highest BCUT2D eigenvalue weighted by Crippen LogP contribution is 2.41. The number of carbonyl (C=O) groups is 1. The van der Waals surface area contributed by atoms with Crippen molar-refractivity contribution < 1.29 is 9.18 Å². The zero-order valence-electron chi connectivity index (χ0n) is 10.9. The van der Waals surface area contributed by atoms with Gasteiger partial charge in [0.1, 0.15) is 5.82 Å². The lowest BCUT2D eigenvalue weighted by Gasteiger charge is -2.03. The SMILES string of the molecule is O=CNc1cc(-c2ccc(F)cc2)c(-c2ccncc2)s1. The van der Waals surface area contributed by atoms with Crippen LogP contribution in [0.3, 0.4) is 0 Å². The van der Waals surface area contributed by atoms with E-state index in [1.807, 2.05) is 18.2 Å². The van der Waals surface area contributed by atoms with E-state index in [1.165, 1.54) is 23.5 Å². The summed E-state index contributed by atoms with van der Waals surface area (Å²) in [6, 6.07) is 12.0. The van der Waals surface area contributed by atoms with Crippen molar-refractivity contribution in [3.8, 4) is 21.6 Å². The number of carbonyl (C=O) groups excluding carboxylic acids is 1. The van der Waals surface area contributed by atoms with Crippen LogP contribution in [0.2, 0.25) is 0 Å². The predicted octanol–water partition coefficient (Wildman–Crippen LogP) is 4.18. The van der Waals surface area contributed by atoms with E-state index in [1.54, 1.807) is 24.5 Å². The molecule has 104 valence electrons. The largest absolute Gasteiger partial charge is 0.320 e. The first-order valence-electron chi connectivity index (χ1n) is 6.28. The third kappa shape index (κ3) is 2.83. The molecule has 21 heavy (non-hydrogen) atoms. The van der Waals surface area contributed by atoms with E-state index in [4.69, 9.17) is 0 Å². The van der Waals surface area contributed by atoms with Crippen molar-refractivity contribution in [2.45, 2.75) is 0 Å². The van der Waals surface area contributed by atoms with Crippen LogP contribution >= 0.6 is 11.3 Å². The molecule has 0 bridgehead atoms. The Morgan fingerprint density at radius 1 is 1.05 bits per heavy atom. The molecule has 5 heteroatoms. The summed E-state index contributed by atoms with van der Waals surface area (Å²) < 4.78 is 13.1. The zero-order valence-corrected chi connectivity index (χ0v) is 11.7. The van der Waals surface area contributed by atoms with Crippen molar-refractivity contribution in [1.29, 1.82) is 0 Å². The molecule has 0 aliphatic rings. The number of hydrogen-bond donors (Lipinski definition) is 1. The van der Waals surface area contributed by atoms with E-state index < -0.39 is 0 Å². The highest BCUT2D eigenvalue weighted by atomic mass is 32.1. The fourth-order valence-corrected chi connectivity index (χ4v) is 3.13. The third-order valence-electron chi connectivity index (χ3n) is 3.03. The molecule has 0 radical (unpaired) electrons. The lowest BCUT2D eigenvalue weighted by Crippen LogP contribution is -1.88. The van der Waals surface area contributed by atoms with Crippen LogP contribution in [0.4, 0.5) is 9.39 Å². The van der Waals surface area contributed by atoms with Gasteiger partial charge in [0.2, 0.25) is 6.41 Å². The number of pyridine rings is 1. The Hall–Kier alpha value is -2.53. The number of nitrogens with zero attached hydrogens (tertiary/aromatic N) is 1. The van der Waals surface area contributed by atoms with Crippen LogP contribution in [0.25, 0.3) is 21.6 Å². The van der Waals surface area contributed by atoms with Gasteiger partial charge in [0.25, 0.3) is 0 Å². The maximum absolute atomic E-state index is 13.1. The number of rotatable bonds is 4. The molecular formula is C16H11FN2OS. The summed E-state index contributed by atoms with van der Waals surface area (Å²) in [7, 11) is 0. The maximum Gasteiger partial charge on any atom is 0.212 e. The number of anilines is 1. The third-order valence-corrected chi connectivity index (χ3v) is 4.15. The minimum absolute atomic E-state index is 0.273. The van der Waals surface area contributed by atoms with Crippen molar-refractivity contribution in [1.82, 2.24) is 4.98 Å². The summed E-state index contributed by atoms with van der Waals surface area (Å²) in [4.78, 5) is 15.7. The van der Waals surface area contributed by atoms with Gasteiger partial charge in [-0.2, -0.15) is 0 Å². The first-order valence-corrected chi connectivity index (χ1v) is 7.10. The van der Waals surface area contributed by atoms with Gasteiger partial charge < -0.3 is 5.32 Å². The van der Waals surface area contributed by atoms with E-state index >= 15 is 0 Å². The highest BCUT2D eigenvalue weighted by Gasteiger charge is 2.13. The van der Waals surface area contributed by atoms with E-state index in [-0.39, 0.29) is 5.82 Å². The van der Waals surface area contributed by atoms with E-state index in [0.29, 0.717) is 6.41 Å². The molecule has 2 heterocycles. The van der Waals surface area contributed by atoms with Crippen molar-refractivity contribution in [2.75, 3.05) is 5.32 Å². The minimum atomic E-state index is -0.273. The van der Waals surface area contributed by atoms with Gasteiger partial charge in [0.05, 0.1) is 5.00 Å². The standard InChI is InChI=1S/C16H11FN2OS/c17-13-3-1-11(2-4-13)14-9-15(19-10-20)21-16(14)12-5-7-18-8-6-12/h1-10H,(H,19,20). The van der Waals surface area contributed by atoms with Crippen LogP contribution in [-0.2, 0) is 4.79 Å². The van der Waals surface area contributed by atoms with Crippen LogP contribution in [0.5, 0.6) is 0 Å². The Kier molecular flexibility index (Phi) is 3.75. The van der Waals surface area contributed by atoms with Crippen molar-refractivity contribution >= 4 is 22.7 Å². The van der Waals surface area contributed by atoms with Gasteiger partial charge in [-0.15, -0.1) is 11.3 Å². The second-order valence-electron chi connectivity index (χ2n) is 4.36. The fourth-order valence-electron chi connectivity index (χ4n) is 2.08. The monoisotopic (exact) mass is 298 g/mol. The molecule has 3 aromatic rings. The predicted molar refractivity (Wildman–Crippen MR) is 82.6 cm³/mol. The number of thiophene rings is 1. The smallest absolute Gasteiger partial charge is 0.212 e. The van der Waals surface area contributed by atoms with Crippen LogP contribution in [0.15, 0.2) is 54.9 Å². The Bertz CT molecular complexity index is 754. The first kappa shape index (κ1) is 13.5. The first-order chi connectivity index (χ1) is 10.3. The van der Waals surface area contributed by atoms with Crippen molar-refractivity contribution in [3.63, 3.8) is 0 Å². The molecule has 3 rings (SSSR count). The second-order valence-corrected chi connectivity index (χ2v) is 5.41. The summed E-state index contributed by atoms with van der Waals surface area (Å²) in [6.07, 6.45) is 4.09. The average molecular weight is 298 g/mol. The normalized spacial score (nSPS) is 10.3. The van der Waals surface area contributed by atoms with E-state index in [9.17, 15) is 9.18 Å².